The minimum Gasteiger partial charge on any atom is -0.247 e. The summed E-state index contributed by atoms with van der Waals surface area (Å²) in [6, 6.07) is 10.1. The highest BCUT2D eigenvalue weighted by Gasteiger charge is 2.30. The zero-order valence-electron chi connectivity index (χ0n) is 13.1. The van der Waals surface area contributed by atoms with Crippen LogP contribution >= 0.6 is 0 Å². The number of hydrogen-bond acceptors (Lipinski definition) is 2. The van der Waals surface area contributed by atoms with Gasteiger partial charge in [-0.1, -0.05) is 18.2 Å². The van der Waals surface area contributed by atoms with Crippen LogP contribution in [-0.2, 0) is 12.7 Å². The highest BCUT2D eigenvalue weighted by Crippen LogP contribution is 2.29. The molecule has 0 aliphatic heterocycles. The summed E-state index contributed by atoms with van der Waals surface area (Å²) in [6.07, 6.45) is -4.46. The van der Waals surface area contributed by atoms with Crippen LogP contribution in [0.2, 0.25) is 0 Å². The predicted molar refractivity (Wildman–Crippen MR) is 83.1 cm³/mol. The summed E-state index contributed by atoms with van der Waals surface area (Å²) in [6.45, 7) is 1.45. The fourth-order valence-electron chi connectivity index (χ4n) is 2.55. The lowest BCUT2D eigenvalue weighted by atomic mass is 10.1. The molecule has 0 saturated heterocycles. The molecule has 1 aromatic heterocycles. The molecule has 0 fully saturated rings. The van der Waals surface area contributed by atoms with Gasteiger partial charge in [-0.25, -0.2) is 18.4 Å². The van der Waals surface area contributed by atoms with Gasteiger partial charge in [0.25, 0.3) is 0 Å². The van der Waals surface area contributed by atoms with Crippen molar-refractivity contribution in [2.75, 3.05) is 0 Å². The van der Waals surface area contributed by atoms with E-state index in [1.807, 2.05) is 0 Å². The summed E-state index contributed by atoms with van der Waals surface area (Å²) in [5.74, 6) is -0.197. The largest absolute Gasteiger partial charge is 0.416 e. The van der Waals surface area contributed by atoms with Gasteiger partial charge in [0.05, 0.1) is 17.8 Å². The molecule has 3 aromatic rings. The Morgan fingerprint density at radius 2 is 1.80 bits per heavy atom. The van der Waals surface area contributed by atoms with E-state index in [0.717, 1.165) is 16.8 Å². The standard InChI is InChI=1S/C17H13F4N3O/c1-11-22-23(10-12-4-2-5-13(8-12)17(19,20)21)16(25)24(11)15-7-3-6-14(18)9-15/h2-9H,10H2,1H3. The molecule has 0 spiro atoms. The van der Waals surface area contributed by atoms with Gasteiger partial charge in [-0.05, 0) is 42.8 Å². The van der Waals surface area contributed by atoms with Crippen LogP contribution in [0.25, 0.3) is 5.69 Å². The van der Waals surface area contributed by atoms with Crippen LogP contribution in [-0.4, -0.2) is 14.3 Å². The Labute approximate surface area is 140 Å². The molecule has 130 valence electrons. The Morgan fingerprint density at radius 3 is 2.48 bits per heavy atom. The van der Waals surface area contributed by atoms with E-state index >= 15 is 0 Å². The first kappa shape index (κ1) is 16.9. The van der Waals surface area contributed by atoms with Crippen molar-refractivity contribution < 1.29 is 17.6 Å². The molecule has 0 saturated carbocycles. The fraction of sp³-hybridized carbons (Fsp3) is 0.176. The zero-order chi connectivity index (χ0) is 18.2. The maximum atomic E-state index is 13.4. The molecule has 0 aliphatic carbocycles. The van der Waals surface area contributed by atoms with Gasteiger partial charge < -0.3 is 0 Å². The van der Waals surface area contributed by atoms with Crippen molar-refractivity contribution in [3.05, 3.63) is 81.8 Å². The smallest absolute Gasteiger partial charge is 0.247 e. The van der Waals surface area contributed by atoms with E-state index in [4.69, 9.17) is 0 Å². The average molecular weight is 351 g/mol. The van der Waals surface area contributed by atoms with Crippen LogP contribution < -0.4 is 5.69 Å². The second-order valence-corrected chi connectivity index (χ2v) is 5.50. The Balaban J connectivity index is 1.98. The maximum Gasteiger partial charge on any atom is 0.416 e. The van der Waals surface area contributed by atoms with E-state index in [1.165, 1.54) is 34.9 Å². The van der Waals surface area contributed by atoms with E-state index in [-0.39, 0.29) is 6.54 Å². The summed E-state index contributed by atoms with van der Waals surface area (Å²) in [5, 5.41) is 4.07. The van der Waals surface area contributed by atoms with Gasteiger partial charge >= 0.3 is 11.9 Å². The molecule has 0 unspecified atom stereocenters. The third kappa shape index (κ3) is 3.47. The lowest BCUT2D eigenvalue weighted by Crippen LogP contribution is -2.24. The Morgan fingerprint density at radius 1 is 1.08 bits per heavy atom. The van der Waals surface area contributed by atoms with Crippen molar-refractivity contribution in [1.82, 2.24) is 14.3 Å². The SMILES string of the molecule is Cc1nn(Cc2cccc(C(F)(F)F)c2)c(=O)n1-c1cccc(F)c1. The Bertz CT molecular complexity index is 973. The van der Waals surface area contributed by atoms with Crippen molar-refractivity contribution in [2.24, 2.45) is 0 Å². The number of aryl methyl sites for hydroxylation is 1. The maximum absolute atomic E-state index is 13.4. The Hall–Kier alpha value is -2.90. The molecule has 25 heavy (non-hydrogen) atoms. The summed E-state index contributed by atoms with van der Waals surface area (Å²) in [7, 11) is 0. The number of alkyl halides is 3. The summed E-state index contributed by atoms with van der Waals surface area (Å²) in [5.41, 5.74) is -0.751. The van der Waals surface area contributed by atoms with Crippen molar-refractivity contribution in [2.45, 2.75) is 19.6 Å². The minimum absolute atomic E-state index is 0.119. The minimum atomic E-state index is -4.46. The first-order valence-electron chi connectivity index (χ1n) is 7.34. The molecule has 2 aromatic carbocycles. The quantitative estimate of drug-likeness (QED) is 0.677. The molecule has 0 atom stereocenters. The van der Waals surface area contributed by atoms with Crippen LogP contribution in [0.15, 0.2) is 53.3 Å². The molecule has 0 N–H and O–H groups in total. The normalized spacial score (nSPS) is 11.7. The van der Waals surface area contributed by atoms with E-state index in [9.17, 15) is 22.4 Å². The molecule has 0 amide bonds. The molecule has 8 heteroatoms. The second kappa shape index (κ2) is 6.19. The number of aromatic nitrogens is 3. The monoisotopic (exact) mass is 351 g/mol. The van der Waals surface area contributed by atoms with Crippen molar-refractivity contribution in [3.63, 3.8) is 0 Å². The second-order valence-electron chi connectivity index (χ2n) is 5.50. The molecule has 0 radical (unpaired) electrons. The summed E-state index contributed by atoms with van der Waals surface area (Å²) >= 11 is 0. The highest BCUT2D eigenvalue weighted by molar-refractivity contribution is 5.33. The van der Waals surface area contributed by atoms with Gasteiger partial charge in [0.1, 0.15) is 11.6 Å². The van der Waals surface area contributed by atoms with Gasteiger partial charge in [0.15, 0.2) is 0 Å². The third-order valence-electron chi connectivity index (χ3n) is 3.65. The van der Waals surface area contributed by atoms with Crippen LogP contribution in [0.5, 0.6) is 0 Å². The first-order chi connectivity index (χ1) is 11.8. The van der Waals surface area contributed by atoms with Gasteiger partial charge in [0, 0.05) is 0 Å². The molecule has 3 rings (SSSR count). The van der Waals surface area contributed by atoms with E-state index < -0.39 is 23.2 Å². The van der Waals surface area contributed by atoms with Crippen LogP contribution in [0, 0.1) is 12.7 Å². The number of hydrogen-bond donors (Lipinski definition) is 0. The first-order valence-corrected chi connectivity index (χ1v) is 7.34. The van der Waals surface area contributed by atoms with E-state index in [1.54, 1.807) is 13.0 Å². The van der Waals surface area contributed by atoms with Crippen molar-refractivity contribution >= 4 is 0 Å². The molecular weight excluding hydrogens is 338 g/mol. The number of nitrogens with zero attached hydrogens (tertiary/aromatic N) is 3. The molecule has 0 aliphatic rings. The highest BCUT2D eigenvalue weighted by atomic mass is 19.4. The third-order valence-corrected chi connectivity index (χ3v) is 3.65. The van der Waals surface area contributed by atoms with E-state index in [0.29, 0.717) is 17.1 Å². The fourth-order valence-corrected chi connectivity index (χ4v) is 2.55. The zero-order valence-corrected chi connectivity index (χ0v) is 13.1. The number of rotatable bonds is 3. The lowest BCUT2D eigenvalue weighted by Gasteiger charge is -2.08. The van der Waals surface area contributed by atoms with Crippen molar-refractivity contribution in [3.8, 4) is 5.69 Å². The van der Waals surface area contributed by atoms with Crippen LogP contribution in [0.4, 0.5) is 17.6 Å². The molecule has 1 heterocycles. The lowest BCUT2D eigenvalue weighted by molar-refractivity contribution is -0.137. The molecular formula is C17H13F4N3O. The van der Waals surface area contributed by atoms with Crippen LogP contribution in [0.3, 0.4) is 0 Å². The number of halogens is 4. The molecule has 0 bridgehead atoms. The Kier molecular flexibility index (Phi) is 4.20. The van der Waals surface area contributed by atoms with Gasteiger partial charge in [0.2, 0.25) is 0 Å². The van der Waals surface area contributed by atoms with Gasteiger partial charge in [-0.2, -0.15) is 18.3 Å². The van der Waals surface area contributed by atoms with Gasteiger partial charge in [-0.3, -0.25) is 0 Å². The summed E-state index contributed by atoms with van der Waals surface area (Å²) in [4.78, 5) is 12.5. The average Bonchev–Trinajstić information content (AvgIpc) is 2.81. The van der Waals surface area contributed by atoms with Crippen molar-refractivity contribution in [1.29, 1.82) is 0 Å². The topological polar surface area (TPSA) is 39.8 Å². The van der Waals surface area contributed by atoms with Crippen LogP contribution in [0.1, 0.15) is 17.0 Å². The summed E-state index contributed by atoms with van der Waals surface area (Å²) < 4.78 is 54.0. The van der Waals surface area contributed by atoms with E-state index in [2.05, 4.69) is 5.10 Å². The number of benzene rings is 2. The molecule has 4 nitrogen and oxygen atoms in total. The van der Waals surface area contributed by atoms with Gasteiger partial charge in [-0.15, -0.1) is 0 Å². The predicted octanol–water partition coefficient (Wildman–Crippen LogP) is 3.55.